The first-order chi connectivity index (χ1) is 14.9. The molecule has 0 saturated carbocycles. The van der Waals surface area contributed by atoms with Crippen LogP contribution >= 0.6 is 23.8 Å². The molecule has 3 amide bonds. The zero-order chi connectivity index (χ0) is 22.6. The van der Waals surface area contributed by atoms with Crippen LogP contribution in [0.5, 0.6) is 11.5 Å². The standard InChI is InChI=1S/C20H21ClN4O5S/c1-29-13-6-8-14(9-7-13)30-12-19(28)23-20(31)25-24-18(27)11-10-17(26)22-16-5-3-2-4-15(16)21/h2-9H,10-12H2,1H3,(H,22,26)(H,24,27)(H2,23,25,28,31). The number of nitrogens with one attached hydrogen (secondary N) is 4. The molecule has 0 radical (unpaired) electrons. The molecule has 2 rings (SSSR count). The summed E-state index contributed by atoms with van der Waals surface area (Å²) in [5, 5.41) is 5.26. The number of ether oxygens (including phenoxy) is 2. The van der Waals surface area contributed by atoms with Crippen molar-refractivity contribution in [3.05, 3.63) is 53.6 Å². The van der Waals surface area contributed by atoms with Crippen molar-refractivity contribution in [2.45, 2.75) is 12.8 Å². The minimum Gasteiger partial charge on any atom is -0.497 e. The highest BCUT2D eigenvalue weighted by atomic mass is 35.5. The van der Waals surface area contributed by atoms with Gasteiger partial charge in [-0.2, -0.15) is 0 Å². The normalized spacial score (nSPS) is 9.87. The van der Waals surface area contributed by atoms with E-state index >= 15 is 0 Å². The topological polar surface area (TPSA) is 118 Å². The fourth-order valence-electron chi connectivity index (χ4n) is 2.21. The molecule has 0 aliphatic rings. The molecule has 0 unspecified atom stereocenters. The van der Waals surface area contributed by atoms with Crippen molar-refractivity contribution in [2.24, 2.45) is 0 Å². The molecule has 0 aromatic heterocycles. The zero-order valence-corrected chi connectivity index (χ0v) is 18.1. The Balaban J connectivity index is 1.62. The van der Waals surface area contributed by atoms with Gasteiger partial charge in [-0.05, 0) is 48.6 Å². The third-order valence-electron chi connectivity index (χ3n) is 3.72. The molecule has 0 aliphatic carbocycles. The second-order valence-electron chi connectivity index (χ2n) is 6.04. The Hall–Kier alpha value is -3.37. The van der Waals surface area contributed by atoms with Crippen molar-refractivity contribution in [3.63, 3.8) is 0 Å². The number of benzene rings is 2. The van der Waals surface area contributed by atoms with E-state index < -0.39 is 11.8 Å². The summed E-state index contributed by atoms with van der Waals surface area (Å²) in [5.74, 6) is -0.214. The molecule has 4 N–H and O–H groups in total. The molecule has 0 atom stereocenters. The van der Waals surface area contributed by atoms with E-state index in [0.29, 0.717) is 22.2 Å². The average Bonchev–Trinajstić information content (AvgIpc) is 2.76. The number of carbonyl (C=O) groups is 3. The highest BCUT2D eigenvalue weighted by Gasteiger charge is 2.10. The van der Waals surface area contributed by atoms with Crippen LogP contribution in [0, 0.1) is 0 Å². The van der Waals surface area contributed by atoms with Crippen LogP contribution < -0.4 is 31.0 Å². The van der Waals surface area contributed by atoms with Crippen molar-refractivity contribution in [1.29, 1.82) is 0 Å². The third-order valence-corrected chi connectivity index (χ3v) is 4.26. The summed E-state index contributed by atoms with van der Waals surface area (Å²) in [6.45, 7) is -0.273. The first kappa shape index (κ1) is 23.9. The van der Waals surface area contributed by atoms with Crippen LogP contribution in [0.2, 0.25) is 5.02 Å². The number of thiocarbonyl (C=S) groups is 1. The lowest BCUT2D eigenvalue weighted by atomic mass is 10.2. The van der Waals surface area contributed by atoms with Crippen LogP contribution in [0.15, 0.2) is 48.5 Å². The minimum atomic E-state index is -0.512. The molecule has 11 heteroatoms. The molecule has 0 aliphatic heterocycles. The maximum Gasteiger partial charge on any atom is 0.264 e. The Morgan fingerprint density at radius 2 is 1.55 bits per heavy atom. The first-order valence-electron chi connectivity index (χ1n) is 9.07. The van der Waals surface area contributed by atoms with E-state index in [1.54, 1.807) is 55.6 Å². The summed E-state index contributed by atoms with van der Waals surface area (Å²) in [6.07, 6.45) is -0.159. The van der Waals surface area contributed by atoms with Gasteiger partial charge in [0.05, 0.1) is 17.8 Å². The SMILES string of the molecule is COc1ccc(OCC(=O)NC(=S)NNC(=O)CCC(=O)Nc2ccccc2Cl)cc1. The van der Waals surface area contributed by atoms with Crippen LogP contribution in [0.4, 0.5) is 5.69 Å². The van der Waals surface area contributed by atoms with Gasteiger partial charge in [0.2, 0.25) is 11.8 Å². The summed E-state index contributed by atoms with van der Waals surface area (Å²) in [5.41, 5.74) is 5.15. The summed E-state index contributed by atoms with van der Waals surface area (Å²) >= 11 is 10.9. The van der Waals surface area contributed by atoms with E-state index in [9.17, 15) is 14.4 Å². The molecule has 0 heterocycles. The van der Waals surface area contributed by atoms with Gasteiger partial charge in [0.15, 0.2) is 11.7 Å². The number of anilines is 1. The molecule has 0 saturated heterocycles. The number of para-hydroxylation sites is 1. The van der Waals surface area contributed by atoms with Crippen LogP contribution in [0.3, 0.4) is 0 Å². The van der Waals surface area contributed by atoms with E-state index in [4.69, 9.17) is 33.3 Å². The Bertz CT molecular complexity index is 939. The molecule has 0 fully saturated rings. The van der Waals surface area contributed by atoms with Crippen LogP contribution in [0.1, 0.15) is 12.8 Å². The second kappa shape index (κ2) is 12.4. The van der Waals surface area contributed by atoms with Crippen LogP contribution in [0.25, 0.3) is 0 Å². The molecular weight excluding hydrogens is 444 g/mol. The summed E-state index contributed by atoms with van der Waals surface area (Å²) in [4.78, 5) is 35.6. The third kappa shape index (κ3) is 8.89. The molecule has 2 aromatic rings. The molecule has 9 nitrogen and oxygen atoms in total. The van der Waals surface area contributed by atoms with Gasteiger partial charge in [-0.15, -0.1) is 0 Å². The Morgan fingerprint density at radius 3 is 2.23 bits per heavy atom. The number of hydrogen-bond acceptors (Lipinski definition) is 6. The second-order valence-corrected chi connectivity index (χ2v) is 6.86. The lowest BCUT2D eigenvalue weighted by Gasteiger charge is -2.11. The number of halogens is 1. The van der Waals surface area contributed by atoms with E-state index in [1.807, 2.05) is 0 Å². The largest absolute Gasteiger partial charge is 0.497 e. The van der Waals surface area contributed by atoms with Gasteiger partial charge in [-0.1, -0.05) is 23.7 Å². The van der Waals surface area contributed by atoms with Crippen LogP contribution in [-0.4, -0.2) is 36.6 Å². The van der Waals surface area contributed by atoms with Gasteiger partial charge in [-0.3, -0.25) is 30.6 Å². The molecular formula is C20H21ClN4O5S. The van der Waals surface area contributed by atoms with Gasteiger partial charge >= 0.3 is 0 Å². The number of hydrazine groups is 1. The van der Waals surface area contributed by atoms with Gasteiger partial charge in [-0.25, -0.2) is 0 Å². The first-order valence-corrected chi connectivity index (χ1v) is 9.86. The summed E-state index contributed by atoms with van der Waals surface area (Å²) in [6, 6.07) is 13.5. The van der Waals surface area contributed by atoms with E-state index in [-0.39, 0.29) is 30.5 Å². The van der Waals surface area contributed by atoms with Gasteiger partial charge < -0.3 is 14.8 Å². The molecule has 2 aromatic carbocycles. The maximum atomic E-state index is 11.9. The zero-order valence-electron chi connectivity index (χ0n) is 16.6. The van der Waals surface area contributed by atoms with Gasteiger partial charge in [0, 0.05) is 12.8 Å². The predicted octanol–water partition coefficient (Wildman–Crippen LogP) is 2.17. The number of carbonyl (C=O) groups excluding carboxylic acids is 3. The molecule has 31 heavy (non-hydrogen) atoms. The molecule has 0 bridgehead atoms. The highest BCUT2D eigenvalue weighted by Crippen LogP contribution is 2.20. The summed E-state index contributed by atoms with van der Waals surface area (Å²) < 4.78 is 10.4. The number of methoxy groups -OCH3 is 1. The van der Waals surface area contributed by atoms with Crippen molar-refractivity contribution in [3.8, 4) is 11.5 Å². The summed E-state index contributed by atoms with van der Waals surface area (Å²) in [7, 11) is 1.55. The van der Waals surface area contributed by atoms with E-state index in [2.05, 4.69) is 21.5 Å². The van der Waals surface area contributed by atoms with Crippen molar-refractivity contribution >= 4 is 52.3 Å². The van der Waals surface area contributed by atoms with Gasteiger partial charge in [0.1, 0.15) is 11.5 Å². The molecule has 164 valence electrons. The smallest absolute Gasteiger partial charge is 0.264 e. The number of hydrogen-bond donors (Lipinski definition) is 4. The van der Waals surface area contributed by atoms with Crippen molar-refractivity contribution < 1.29 is 23.9 Å². The minimum absolute atomic E-state index is 0.0619. The van der Waals surface area contributed by atoms with Crippen molar-refractivity contribution in [2.75, 3.05) is 19.0 Å². The quantitative estimate of drug-likeness (QED) is 0.349. The Morgan fingerprint density at radius 1 is 0.903 bits per heavy atom. The fraction of sp³-hybridized carbons (Fsp3) is 0.200. The predicted molar refractivity (Wildman–Crippen MR) is 120 cm³/mol. The number of rotatable bonds is 8. The Kier molecular flexibility index (Phi) is 9.53. The maximum absolute atomic E-state index is 11.9. The average molecular weight is 465 g/mol. The van der Waals surface area contributed by atoms with E-state index in [0.717, 1.165) is 0 Å². The number of amides is 3. The molecule has 0 spiro atoms. The Labute approximate surface area is 189 Å². The lowest BCUT2D eigenvalue weighted by Crippen LogP contribution is -2.49. The monoisotopic (exact) mass is 464 g/mol. The lowest BCUT2D eigenvalue weighted by molar-refractivity contribution is -0.125. The van der Waals surface area contributed by atoms with Gasteiger partial charge in [0.25, 0.3) is 5.91 Å². The fourth-order valence-corrected chi connectivity index (χ4v) is 2.55. The van der Waals surface area contributed by atoms with Crippen molar-refractivity contribution in [1.82, 2.24) is 16.2 Å². The van der Waals surface area contributed by atoms with E-state index in [1.165, 1.54) is 0 Å². The highest BCUT2D eigenvalue weighted by molar-refractivity contribution is 7.80. The van der Waals surface area contributed by atoms with Crippen LogP contribution in [-0.2, 0) is 14.4 Å².